The topological polar surface area (TPSA) is 29.5 Å². The zero-order valence-corrected chi connectivity index (χ0v) is 11.2. The molecule has 1 atom stereocenters. The molecule has 0 radical (unpaired) electrons. The van der Waals surface area contributed by atoms with Crippen molar-refractivity contribution >= 4 is 17.9 Å². The van der Waals surface area contributed by atoms with E-state index < -0.39 is 0 Å². The van der Waals surface area contributed by atoms with Gasteiger partial charge >= 0.3 is 6.09 Å². The van der Waals surface area contributed by atoms with Gasteiger partial charge in [0.2, 0.25) is 0 Å². The van der Waals surface area contributed by atoms with Gasteiger partial charge in [-0.25, -0.2) is 4.79 Å². The predicted molar refractivity (Wildman–Crippen MR) is 66.8 cm³/mol. The summed E-state index contributed by atoms with van der Waals surface area (Å²) in [5.74, 6) is 2.87. The molecule has 2 fully saturated rings. The zero-order chi connectivity index (χ0) is 11.8. The lowest BCUT2D eigenvalue weighted by molar-refractivity contribution is 0.0168. The molecule has 1 saturated heterocycles. The molecule has 16 heavy (non-hydrogen) atoms. The fourth-order valence-electron chi connectivity index (χ4n) is 2.04. The first-order valence-electron chi connectivity index (χ1n) is 6.05. The summed E-state index contributed by atoms with van der Waals surface area (Å²) in [5.41, 5.74) is -0.379. The maximum absolute atomic E-state index is 12.1. The molecule has 0 aromatic rings. The highest BCUT2D eigenvalue weighted by Gasteiger charge is 2.40. The molecule has 0 unspecified atom stereocenters. The van der Waals surface area contributed by atoms with E-state index in [1.165, 1.54) is 12.8 Å². The third kappa shape index (κ3) is 3.06. The third-order valence-corrected chi connectivity index (χ3v) is 4.01. The van der Waals surface area contributed by atoms with E-state index >= 15 is 0 Å². The van der Waals surface area contributed by atoms with Crippen LogP contribution < -0.4 is 0 Å². The average Bonchev–Trinajstić information content (AvgIpc) is 2.98. The standard InChI is InChI=1S/C12H21NO2S/c1-12(2,3)15-11(14)13-6-7-16-8-10(13)9-4-5-9/h9-10H,4-8H2,1-3H3/t10-/m1/s1. The predicted octanol–water partition coefficient (Wildman–Crippen LogP) is 2.75. The molecule has 3 nitrogen and oxygen atoms in total. The Morgan fingerprint density at radius 2 is 2.06 bits per heavy atom. The second kappa shape index (κ2) is 4.47. The fourth-order valence-corrected chi connectivity index (χ4v) is 3.23. The molecule has 1 aliphatic carbocycles. The molecule has 1 amide bonds. The Kier molecular flexibility index (Phi) is 3.38. The van der Waals surface area contributed by atoms with E-state index in [1.807, 2.05) is 37.4 Å². The number of thioether (sulfide) groups is 1. The molecule has 92 valence electrons. The van der Waals surface area contributed by atoms with E-state index in [-0.39, 0.29) is 11.7 Å². The van der Waals surface area contributed by atoms with Crippen LogP contribution >= 0.6 is 11.8 Å². The molecule has 2 aliphatic rings. The van der Waals surface area contributed by atoms with E-state index in [1.54, 1.807) is 0 Å². The van der Waals surface area contributed by atoms with Crippen molar-refractivity contribution in [2.24, 2.45) is 5.92 Å². The van der Waals surface area contributed by atoms with Crippen LogP contribution in [0, 0.1) is 5.92 Å². The second-order valence-electron chi connectivity index (χ2n) is 5.65. The number of amides is 1. The first kappa shape index (κ1) is 12.1. The zero-order valence-electron chi connectivity index (χ0n) is 10.4. The number of hydrogen-bond donors (Lipinski definition) is 0. The van der Waals surface area contributed by atoms with Crippen molar-refractivity contribution in [1.29, 1.82) is 0 Å². The van der Waals surface area contributed by atoms with E-state index in [0.29, 0.717) is 6.04 Å². The Hall–Kier alpha value is -0.380. The smallest absolute Gasteiger partial charge is 0.410 e. The summed E-state index contributed by atoms with van der Waals surface area (Å²) in [6.45, 7) is 6.63. The van der Waals surface area contributed by atoms with Gasteiger partial charge in [-0.15, -0.1) is 0 Å². The SMILES string of the molecule is CC(C)(C)OC(=O)N1CCSC[C@@H]1C1CC1. The van der Waals surface area contributed by atoms with Crippen molar-refractivity contribution in [3.05, 3.63) is 0 Å². The van der Waals surface area contributed by atoms with Crippen LogP contribution in [0.25, 0.3) is 0 Å². The van der Waals surface area contributed by atoms with Crippen LogP contribution in [0.5, 0.6) is 0 Å². The van der Waals surface area contributed by atoms with E-state index in [2.05, 4.69) is 0 Å². The van der Waals surface area contributed by atoms with Gasteiger partial charge in [0.15, 0.2) is 0 Å². The molecule has 1 saturated carbocycles. The second-order valence-corrected chi connectivity index (χ2v) is 6.80. The summed E-state index contributed by atoms with van der Waals surface area (Å²) in [5, 5.41) is 0. The van der Waals surface area contributed by atoms with Gasteiger partial charge in [-0.2, -0.15) is 11.8 Å². The van der Waals surface area contributed by atoms with Crippen molar-refractivity contribution in [1.82, 2.24) is 4.90 Å². The van der Waals surface area contributed by atoms with Gasteiger partial charge in [-0.1, -0.05) is 0 Å². The number of rotatable bonds is 1. The summed E-state index contributed by atoms with van der Waals surface area (Å²) in [6.07, 6.45) is 2.44. The van der Waals surface area contributed by atoms with E-state index in [0.717, 1.165) is 24.0 Å². The number of carbonyl (C=O) groups is 1. The molecule has 0 aromatic heterocycles. The van der Waals surface area contributed by atoms with Gasteiger partial charge in [0.1, 0.15) is 5.60 Å². The minimum Gasteiger partial charge on any atom is -0.444 e. The van der Waals surface area contributed by atoms with Crippen molar-refractivity contribution < 1.29 is 9.53 Å². The number of ether oxygens (including phenoxy) is 1. The lowest BCUT2D eigenvalue weighted by atomic mass is 10.2. The number of hydrogen-bond acceptors (Lipinski definition) is 3. The largest absolute Gasteiger partial charge is 0.444 e. The molecule has 1 heterocycles. The van der Waals surface area contributed by atoms with Crippen LogP contribution in [0.15, 0.2) is 0 Å². The average molecular weight is 243 g/mol. The Labute approximate surface area is 102 Å². The molecule has 4 heteroatoms. The summed E-state index contributed by atoms with van der Waals surface area (Å²) in [7, 11) is 0. The highest BCUT2D eigenvalue weighted by atomic mass is 32.2. The fraction of sp³-hybridized carbons (Fsp3) is 0.917. The van der Waals surface area contributed by atoms with Crippen molar-refractivity contribution in [3.63, 3.8) is 0 Å². The van der Waals surface area contributed by atoms with Crippen LogP contribution in [0.4, 0.5) is 4.79 Å². The molecular formula is C12H21NO2S. The lowest BCUT2D eigenvalue weighted by Gasteiger charge is -2.36. The molecule has 1 aliphatic heterocycles. The van der Waals surface area contributed by atoms with E-state index in [9.17, 15) is 4.79 Å². The van der Waals surface area contributed by atoms with Crippen molar-refractivity contribution in [2.75, 3.05) is 18.1 Å². The highest BCUT2D eigenvalue weighted by molar-refractivity contribution is 7.99. The summed E-state index contributed by atoms with van der Waals surface area (Å²) >= 11 is 1.96. The molecule has 0 N–H and O–H groups in total. The van der Waals surface area contributed by atoms with Gasteiger partial charge in [-0.3, -0.25) is 0 Å². The molecule has 2 rings (SSSR count). The van der Waals surface area contributed by atoms with Gasteiger partial charge in [-0.05, 0) is 39.5 Å². The van der Waals surface area contributed by atoms with Crippen molar-refractivity contribution in [3.8, 4) is 0 Å². The maximum atomic E-state index is 12.1. The first-order chi connectivity index (χ1) is 7.47. The summed E-state index contributed by atoms with van der Waals surface area (Å²) < 4.78 is 5.46. The van der Waals surface area contributed by atoms with Crippen molar-refractivity contribution in [2.45, 2.75) is 45.3 Å². The minimum atomic E-state index is -0.379. The number of carbonyl (C=O) groups excluding carboxylic acids is 1. The quantitative estimate of drug-likeness (QED) is 0.709. The third-order valence-electron chi connectivity index (χ3n) is 2.96. The Morgan fingerprint density at radius 3 is 2.62 bits per heavy atom. The highest BCUT2D eigenvalue weighted by Crippen LogP contribution is 2.38. The first-order valence-corrected chi connectivity index (χ1v) is 7.20. The van der Waals surface area contributed by atoms with E-state index in [4.69, 9.17) is 4.74 Å². The summed E-state index contributed by atoms with van der Waals surface area (Å²) in [6, 6.07) is 0.425. The van der Waals surface area contributed by atoms with Crippen LogP contribution in [-0.2, 0) is 4.74 Å². The van der Waals surface area contributed by atoms with Crippen LogP contribution in [0.3, 0.4) is 0 Å². The number of nitrogens with zero attached hydrogens (tertiary/aromatic N) is 1. The van der Waals surface area contributed by atoms with Gasteiger partial charge in [0, 0.05) is 24.1 Å². The normalized spacial score (nSPS) is 26.7. The van der Waals surface area contributed by atoms with Crippen LogP contribution in [-0.4, -0.2) is 40.7 Å². The molecule has 0 bridgehead atoms. The molecule has 0 spiro atoms. The Bertz CT molecular complexity index is 271. The maximum Gasteiger partial charge on any atom is 0.410 e. The minimum absolute atomic E-state index is 0.121. The lowest BCUT2D eigenvalue weighted by Crippen LogP contribution is -2.49. The van der Waals surface area contributed by atoms with Crippen LogP contribution in [0.2, 0.25) is 0 Å². The van der Waals surface area contributed by atoms with Crippen LogP contribution in [0.1, 0.15) is 33.6 Å². The summed E-state index contributed by atoms with van der Waals surface area (Å²) in [4.78, 5) is 14.0. The van der Waals surface area contributed by atoms with Gasteiger partial charge < -0.3 is 9.64 Å². The molecular weight excluding hydrogens is 222 g/mol. The van der Waals surface area contributed by atoms with Gasteiger partial charge in [0.25, 0.3) is 0 Å². The monoisotopic (exact) mass is 243 g/mol. The Morgan fingerprint density at radius 1 is 1.38 bits per heavy atom. The van der Waals surface area contributed by atoms with Gasteiger partial charge in [0.05, 0.1) is 0 Å². The molecule has 0 aromatic carbocycles. The Balaban J connectivity index is 1.96.